The van der Waals surface area contributed by atoms with Crippen LogP contribution in [0.3, 0.4) is 0 Å². The molecule has 3 fully saturated rings. The van der Waals surface area contributed by atoms with E-state index in [-0.39, 0.29) is 30.5 Å². The van der Waals surface area contributed by atoms with Gasteiger partial charge in [0.05, 0.1) is 17.2 Å². The van der Waals surface area contributed by atoms with Crippen LogP contribution in [-0.4, -0.2) is 47.1 Å². The second kappa shape index (κ2) is 8.60. The van der Waals surface area contributed by atoms with Gasteiger partial charge in [-0.05, 0) is 68.6 Å². The number of hydrogen-bond donors (Lipinski definition) is 0. The van der Waals surface area contributed by atoms with Crippen molar-refractivity contribution in [2.75, 3.05) is 0 Å². The van der Waals surface area contributed by atoms with E-state index in [2.05, 4.69) is 52.0 Å². The molecule has 6 rings (SSSR count). The molecule has 2 saturated heterocycles. The minimum Gasteiger partial charge on any atom is -0.445 e. The fourth-order valence-corrected chi connectivity index (χ4v) is 5.47. The number of benzene rings is 2. The molecule has 0 aromatic heterocycles. The van der Waals surface area contributed by atoms with Crippen LogP contribution in [0, 0.1) is 5.92 Å². The monoisotopic (exact) mass is 484 g/mol. The van der Waals surface area contributed by atoms with Gasteiger partial charge in [0, 0.05) is 24.4 Å². The number of ether oxygens (including phenoxy) is 1. The second-order valence-electron chi connectivity index (χ2n) is 11.4. The highest BCUT2D eigenvalue weighted by Crippen LogP contribution is 2.49. The van der Waals surface area contributed by atoms with E-state index in [1.54, 1.807) is 0 Å². The van der Waals surface area contributed by atoms with Crippen LogP contribution in [0.1, 0.15) is 58.1 Å². The summed E-state index contributed by atoms with van der Waals surface area (Å²) in [5, 5.41) is 0. The molecule has 0 spiro atoms. The summed E-state index contributed by atoms with van der Waals surface area (Å²) in [6.45, 7) is 8.56. The van der Waals surface area contributed by atoms with Crippen LogP contribution in [0.15, 0.2) is 65.8 Å². The van der Waals surface area contributed by atoms with Crippen molar-refractivity contribution in [3.8, 4) is 0 Å². The van der Waals surface area contributed by atoms with E-state index in [1.165, 1.54) is 5.57 Å². The molecular weight excluding hydrogens is 451 g/mol. The molecule has 1 aliphatic carbocycles. The van der Waals surface area contributed by atoms with Gasteiger partial charge in [0.15, 0.2) is 0 Å². The van der Waals surface area contributed by atoms with Crippen molar-refractivity contribution in [2.24, 2.45) is 10.9 Å². The highest BCUT2D eigenvalue weighted by Gasteiger charge is 2.56. The quantitative estimate of drug-likeness (QED) is 0.563. The van der Waals surface area contributed by atoms with E-state index >= 15 is 0 Å². The highest BCUT2D eigenvalue weighted by atomic mass is 16.7. The van der Waals surface area contributed by atoms with Crippen LogP contribution >= 0.6 is 0 Å². The number of likely N-dealkylation sites (tertiary alicyclic amines) is 1. The Morgan fingerprint density at radius 2 is 1.72 bits per heavy atom. The Bertz CT molecular complexity index is 1210. The smallest absolute Gasteiger partial charge is 0.445 e. The molecule has 3 heterocycles. The highest BCUT2D eigenvalue weighted by molar-refractivity contribution is 6.62. The van der Waals surface area contributed by atoms with E-state index in [4.69, 9.17) is 19.0 Å². The number of fused-ring (bicyclic) bond motifs is 1. The van der Waals surface area contributed by atoms with Gasteiger partial charge in [-0.15, -0.1) is 0 Å². The Hall–Kier alpha value is -2.90. The Balaban J connectivity index is 1.09. The molecule has 1 saturated carbocycles. The van der Waals surface area contributed by atoms with Gasteiger partial charge in [0.1, 0.15) is 6.61 Å². The van der Waals surface area contributed by atoms with Crippen LogP contribution in [0.4, 0.5) is 4.79 Å². The summed E-state index contributed by atoms with van der Waals surface area (Å²) in [6, 6.07) is 18.5. The second-order valence-corrected chi connectivity index (χ2v) is 11.4. The maximum Gasteiger partial charge on any atom is 0.494 e. The third kappa shape index (κ3) is 4.18. The van der Waals surface area contributed by atoms with Gasteiger partial charge in [-0.1, -0.05) is 54.6 Å². The Labute approximate surface area is 213 Å². The van der Waals surface area contributed by atoms with Crippen LogP contribution in [0.5, 0.6) is 0 Å². The van der Waals surface area contributed by atoms with Gasteiger partial charge in [-0.3, -0.25) is 9.89 Å². The maximum atomic E-state index is 13.0. The molecule has 0 bridgehead atoms. The molecular formula is C29H33BN2O4. The molecule has 2 aromatic rings. The van der Waals surface area contributed by atoms with Crippen LogP contribution in [0.2, 0.25) is 0 Å². The zero-order valence-corrected chi connectivity index (χ0v) is 21.4. The maximum absolute atomic E-state index is 13.0. The summed E-state index contributed by atoms with van der Waals surface area (Å²) in [7, 11) is -0.367. The van der Waals surface area contributed by atoms with Crippen molar-refractivity contribution in [3.05, 3.63) is 71.9 Å². The largest absolute Gasteiger partial charge is 0.494 e. The van der Waals surface area contributed by atoms with Gasteiger partial charge >= 0.3 is 13.2 Å². The molecule has 4 aliphatic rings. The number of rotatable bonds is 5. The number of aliphatic imine (C=N–C) groups is 1. The van der Waals surface area contributed by atoms with Crippen LogP contribution < -0.4 is 5.46 Å². The molecule has 0 N–H and O–H groups in total. The Morgan fingerprint density at radius 1 is 1.03 bits per heavy atom. The molecule has 6 nitrogen and oxygen atoms in total. The standard InChI is InChI=1S/C29H33BN2O4/c1-28(2)29(3,4)36-30(35-28)23-12-10-20(11-13-23)22-14-24(31-17-22)26-16-21-15-25(21)32(26)27(33)34-18-19-8-6-5-7-9-19/h5-13,17,21,25-26H,14-16,18H2,1-4H3/t21-,25-,26+/m1/s1. The fourth-order valence-electron chi connectivity index (χ4n) is 5.47. The predicted octanol–water partition coefficient (Wildman–Crippen LogP) is 4.97. The summed E-state index contributed by atoms with van der Waals surface area (Å²) < 4.78 is 18.1. The first-order chi connectivity index (χ1) is 17.2. The summed E-state index contributed by atoms with van der Waals surface area (Å²) in [5.41, 5.74) is 4.66. The summed E-state index contributed by atoms with van der Waals surface area (Å²) >= 11 is 0. The Kier molecular flexibility index (Phi) is 5.61. The first-order valence-electron chi connectivity index (χ1n) is 12.9. The molecule has 36 heavy (non-hydrogen) atoms. The SMILES string of the molecule is CC1(C)OB(c2ccc(C3=CN=C([C@@H]4C[C@H]5C[C@H]5N4C(=O)OCc4ccccc4)C3)cc2)OC1(C)C. The van der Waals surface area contributed by atoms with E-state index in [0.29, 0.717) is 18.6 Å². The molecule has 0 radical (unpaired) electrons. The molecule has 0 unspecified atom stereocenters. The summed E-state index contributed by atoms with van der Waals surface area (Å²) in [6.07, 6.45) is 4.53. The average molecular weight is 484 g/mol. The van der Waals surface area contributed by atoms with Crippen molar-refractivity contribution in [3.63, 3.8) is 0 Å². The van der Waals surface area contributed by atoms with E-state index in [1.807, 2.05) is 41.4 Å². The van der Waals surface area contributed by atoms with Crippen molar-refractivity contribution < 1.29 is 18.8 Å². The molecule has 186 valence electrons. The number of hydrogen-bond acceptors (Lipinski definition) is 5. The molecule has 1 amide bonds. The van der Waals surface area contributed by atoms with E-state index < -0.39 is 0 Å². The number of carbonyl (C=O) groups excluding carboxylic acids is 1. The molecule has 7 heteroatoms. The minimum absolute atomic E-state index is 0.0230. The van der Waals surface area contributed by atoms with Gasteiger partial charge in [0.25, 0.3) is 0 Å². The lowest BCUT2D eigenvalue weighted by molar-refractivity contribution is 0.00578. The molecule has 2 aromatic carbocycles. The third-order valence-electron chi connectivity index (χ3n) is 8.47. The minimum atomic E-state index is -0.367. The first-order valence-corrected chi connectivity index (χ1v) is 12.9. The van der Waals surface area contributed by atoms with Crippen LogP contribution in [-0.2, 0) is 20.7 Å². The van der Waals surface area contributed by atoms with Gasteiger partial charge in [0.2, 0.25) is 0 Å². The Morgan fingerprint density at radius 3 is 2.42 bits per heavy atom. The number of piperidine rings is 1. The summed E-state index contributed by atoms with van der Waals surface area (Å²) in [4.78, 5) is 19.8. The third-order valence-corrected chi connectivity index (χ3v) is 8.47. The molecule has 3 atom stereocenters. The summed E-state index contributed by atoms with van der Waals surface area (Å²) in [5.74, 6) is 0.574. The van der Waals surface area contributed by atoms with Crippen molar-refractivity contribution >= 4 is 30.0 Å². The topological polar surface area (TPSA) is 60.4 Å². The zero-order valence-electron chi connectivity index (χ0n) is 21.4. The van der Waals surface area contributed by atoms with E-state index in [0.717, 1.165) is 41.6 Å². The van der Waals surface area contributed by atoms with Gasteiger partial charge in [-0.25, -0.2) is 4.79 Å². The van der Waals surface area contributed by atoms with E-state index in [9.17, 15) is 4.79 Å². The number of allylic oxidation sites excluding steroid dienone is 1. The number of carbonyl (C=O) groups is 1. The van der Waals surface area contributed by atoms with Crippen molar-refractivity contribution in [1.82, 2.24) is 4.90 Å². The normalized spacial score (nSPS) is 27.5. The molecule has 3 aliphatic heterocycles. The van der Waals surface area contributed by atoms with Crippen molar-refractivity contribution in [2.45, 2.75) is 76.9 Å². The first kappa shape index (κ1) is 23.5. The fraction of sp³-hybridized carbons (Fsp3) is 0.448. The number of amides is 1. The number of nitrogens with zero attached hydrogens (tertiary/aromatic N) is 2. The average Bonchev–Trinajstić information content (AvgIpc) is 3.19. The predicted molar refractivity (Wildman–Crippen MR) is 141 cm³/mol. The van der Waals surface area contributed by atoms with Crippen molar-refractivity contribution in [1.29, 1.82) is 0 Å². The van der Waals surface area contributed by atoms with Crippen LogP contribution in [0.25, 0.3) is 5.57 Å². The zero-order chi connectivity index (χ0) is 25.1. The van der Waals surface area contributed by atoms with Gasteiger partial charge in [-0.2, -0.15) is 0 Å². The lowest BCUT2D eigenvalue weighted by Gasteiger charge is -2.32. The lowest BCUT2D eigenvalue weighted by atomic mass is 9.78. The lowest BCUT2D eigenvalue weighted by Crippen LogP contribution is -2.43. The van der Waals surface area contributed by atoms with Gasteiger partial charge < -0.3 is 14.0 Å².